The zero-order valence-electron chi connectivity index (χ0n) is 28.5. The Labute approximate surface area is 275 Å². The Balaban J connectivity index is 1.24. The summed E-state index contributed by atoms with van der Waals surface area (Å²) in [5.41, 5.74) is 5.43. The van der Waals surface area contributed by atoms with Crippen LogP contribution in [0.5, 0.6) is 0 Å². The smallest absolute Gasteiger partial charge is 0.251 e. The minimum absolute atomic E-state index is 0.0104. The van der Waals surface area contributed by atoms with Crippen LogP contribution in [-0.4, -0.2) is 30.8 Å². The maximum atomic E-state index is 13.9. The van der Waals surface area contributed by atoms with Crippen molar-refractivity contribution in [3.8, 4) is 11.1 Å². The standard InChI is InChI=1S/C40H51N3O3/c1-27(2)25-41-36(45)34(30-12-8-7-9-13-30)43-37(46)40-22-19-39(20-23-40,21-24-40)26-42-35(44)32-14-10-11-28(3)33(32)29-15-17-31(18-16-29)38(4,5)6/h7-18,27,34H,19-26H2,1-6H3,(H,41,45)(H,42,44)(H,43,46)/t34-,39?,40?/m0/s1. The molecule has 0 unspecified atom stereocenters. The van der Waals surface area contributed by atoms with E-state index < -0.39 is 11.5 Å². The molecule has 0 spiro atoms. The molecular weight excluding hydrogens is 570 g/mol. The van der Waals surface area contributed by atoms with E-state index in [0.29, 0.717) is 24.6 Å². The molecule has 3 saturated carbocycles. The molecule has 3 N–H and O–H groups in total. The quantitative estimate of drug-likeness (QED) is 0.217. The van der Waals surface area contributed by atoms with Crippen molar-refractivity contribution in [1.29, 1.82) is 0 Å². The number of hydrogen-bond acceptors (Lipinski definition) is 3. The first-order valence-corrected chi connectivity index (χ1v) is 16.9. The molecule has 6 heteroatoms. The second kappa shape index (κ2) is 13.4. The fraction of sp³-hybridized carbons (Fsp3) is 0.475. The van der Waals surface area contributed by atoms with Gasteiger partial charge in [0, 0.05) is 24.1 Å². The number of fused-ring (bicyclic) bond motifs is 3. The third-order valence-electron chi connectivity index (χ3n) is 10.4. The van der Waals surface area contributed by atoms with Crippen LogP contribution in [0.25, 0.3) is 11.1 Å². The maximum Gasteiger partial charge on any atom is 0.251 e. The molecule has 0 heterocycles. The van der Waals surface area contributed by atoms with Gasteiger partial charge in [-0.3, -0.25) is 14.4 Å². The van der Waals surface area contributed by atoms with Gasteiger partial charge in [-0.05, 0) is 96.1 Å². The second-order valence-electron chi connectivity index (χ2n) is 15.2. The Morgan fingerprint density at radius 2 is 1.41 bits per heavy atom. The van der Waals surface area contributed by atoms with Gasteiger partial charge in [0.1, 0.15) is 6.04 Å². The SMILES string of the molecule is Cc1cccc(C(=O)NCC23CCC(C(=O)N[C@H](C(=O)NCC(C)C)c4ccccc4)(CC2)CC3)c1-c1ccc(C(C)(C)C)cc1. The predicted octanol–water partition coefficient (Wildman–Crippen LogP) is 7.66. The van der Waals surface area contributed by atoms with E-state index >= 15 is 0 Å². The highest BCUT2D eigenvalue weighted by atomic mass is 16.2. The molecule has 3 fully saturated rings. The summed E-state index contributed by atoms with van der Waals surface area (Å²) in [7, 11) is 0. The fourth-order valence-corrected chi connectivity index (χ4v) is 7.25. The summed E-state index contributed by atoms with van der Waals surface area (Å²) >= 11 is 0. The summed E-state index contributed by atoms with van der Waals surface area (Å²) in [5, 5.41) is 9.45. The second-order valence-corrected chi connectivity index (χ2v) is 15.2. The fourth-order valence-electron chi connectivity index (χ4n) is 7.25. The number of amides is 3. The molecule has 3 aliphatic carbocycles. The Kier molecular flexibility index (Phi) is 9.76. The Bertz CT molecular complexity index is 1530. The van der Waals surface area contributed by atoms with E-state index in [4.69, 9.17) is 0 Å². The third kappa shape index (κ3) is 7.22. The summed E-state index contributed by atoms with van der Waals surface area (Å²) in [4.78, 5) is 40.8. The summed E-state index contributed by atoms with van der Waals surface area (Å²) in [6.45, 7) is 13.9. The number of benzene rings is 3. The van der Waals surface area contributed by atoms with Crippen LogP contribution in [0.4, 0.5) is 0 Å². The molecule has 244 valence electrons. The van der Waals surface area contributed by atoms with Gasteiger partial charge in [0.15, 0.2) is 0 Å². The summed E-state index contributed by atoms with van der Waals surface area (Å²) in [5.74, 6) is 0.0675. The molecule has 1 atom stereocenters. The van der Waals surface area contributed by atoms with Gasteiger partial charge in [0.25, 0.3) is 5.91 Å². The summed E-state index contributed by atoms with van der Waals surface area (Å²) in [6, 6.07) is 23.3. The van der Waals surface area contributed by atoms with Crippen LogP contribution in [-0.2, 0) is 15.0 Å². The number of nitrogens with one attached hydrogen (secondary N) is 3. The molecule has 46 heavy (non-hydrogen) atoms. The van der Waals surface area contributed by atoms with Crippen LogP contribution in [0.1, 0.15) is 106 Å². The van der Waals surface area contributed by atoms with Crippen molar-refractivity contribution in [3.05, 3.63) is 95.1 Å². The first kappa shape index (κ1) is 33.4. The number of hydrogen-bond donors (Lipinski definition) is 3. The van der Waals surface area contributed by atoms with Crippen LogP contribution in [0.2, 0.25) is 0 Å². The summed E-state index contributed by atoms with van der Waals surface area (Å²) < 4.78 is 0. The van der Waals surface area contributed by atoms with Crippen molar-refractivity contribution in [2.24, 2.45) is 16.7 Å². The van der Waals surface area contributed by atoms with Crippen LogP contribution < -0.4 is 16.0 Å². The van der Waals surface area contributed by atoms with Gasteiger partial charge in [-0.15, -0.1) is 0 Å². The molecule has 6 rings (SSSR count). The van der Waals surface area contributed by atoms with Gasteiger partial charge in [0.05, 0.1) is 0 Å². The van der Waals surface area contributed by atoms with Crippen molar-refractivity contribution in [2.45, 2.75) is 91.5 Å². The highest BCUT2D eigenvalue weighted by Gasteiger charge is 2.52. The monoisotopic (exact) mass is 621 g/mol. The molecule has 3 amide bonds. The maximum absolute atomic E-state index is 13.9. The molecule has 6 nitrogen and oxygen atoms in total. The van der Waals surface area contributed by atoms with E-state index in [9.17, 15) is 14.4 Å². The topological polar surface area (TPSA) is 87.3 Å². The molecule has 2 bridgehead atoms. The van der Waals surface area contributed by atoms with Crippen LogP contribution in [0.15, 0.2) is 72.8 Å². The number of carbonyl (C=O) groups excluding carboxylic acids is 3. The molecular formula is C40H51N3O3. The molecule has 3 aromatic carbocycles. The average Bonchev–Trinajstić information content (AvgIpc) is 3.05. The molecule has 0 aliphatic heterocycles. The first-order valence-electron chi connectivity index (χ1n) is 16.9. The minimum Gasteiger partial charge on any atom is -0.354 e. The Morgan fingerprint density at radius 3 is 2.00 bits per heavy atom. The van der Waals surface area contributed by atoms with Gasteiger partial charge in [-0.1, -0.05) is 101 Å². The molecule has 3 aliphatic rings. The zero-order valence-corrected chi connectivity index (χ0v) is 28.5. The number of aryl methyl sites for hydroxylation is 1. The van der Waals surface area contributed by atoms with Crippen LogP contribution in [0.3, 0.4) is 0 Å². The zero-order chi connectivity index (χ0) is 33.1. The highest BCUT2D eigenvalue weighted by Crippen LogP contribution is 2.57. The van der Waals surface area contributed by atoms with Gasteiger partial charge >= 0.3 is 0 Å². The van der Waals surface area contributed by atoms with Crippen molar-refractivity contribution < 1.29 is 14.4 Å². The lowest BCUT2D eigenvalue weighted by atomic mass is 9.53. The van der Waals surface area contributed by atoms with Crippen molar-refractivity contribution in [1.82, 2.24) is 16.0 Å². The van der Waals surface area contributed by atoms with Gasteiger partial charge in [0.2, 0.25) is 11.8 Å². The molecule has 0 saturated heterocycles. The normalized spacial score (nSPS) is 21.5. The van der Waals surface area contributed by atoms with E-state index in [0.717, 1.165) is 60.8 Å². The molecule has 0 aromatic heterocycles. The molecule has 3 aromatic rings. The summed E-state index contributed by atoms with van der Waals surface area (Å²) in [6.07, 6.45) is 4.93. The van der Waals surface area contributed by atoms with E-state index in [1.165, 1.54) is 5.56 Å². The lowest BCUT2D eigenvalue weighted by Gasteiger charge is -2.52. The Hall–Kier alpha value is -3.93. The Morgan fingerprint density at radius 1 is 0.783 bits per heavy atom. The van der Waals surface area contributed by atoms with Crippen molar-refractivity contribution in [2.75, 3.05) is 13.1 Å². The average molecular weight is 622 g/mol. The van der Waals surface area contributed by atoms with E-state index in [1.54, 1.807) is 0 Å². The van der Waals surface area contributed by atoms with Crippen LogP contribution in [0, 0.1) is 23.7 Å². The predicted molar refractivity (Wildman–Crippen MR) is 185 cm³/mol. The van der Waals surface area contributed by atoms with Gasteiger partial charge in [-0.2, -0.15) is 0 Å². The van der Waals surface area contributed by atoms with Crippen molar-refractivity contribution in [3.63, 3.8) is 0 Å². The minimum atomic E-state index is -0.720. The van der Waals surface area contributed by atoms with Gasteiger partial charge < -0.3 is 16.0 Å². The lowest BCUT2D eigenvalue weighted by Crippen LogP contribution is -2.54. The van der Waals surface area contributed by atoms with Crippen molar-refractivity contribution >= 4 is 17.7 Å². The number of rotatable bonds is 10. The van der Waals surface area contributed by atoms with Crippen LogP contribution >= 0.6 is 0 Å². The van der Waals surface area contributed by atoms with E-state index in [1.807, 2.05) is 42.5 Å². The van der Waals surface area contributed by atoms with E-state index in [-0.39, 0.29) is 28.6 Å². The van der Waals surface area contributed by atoms with Gasteiger partial charge in [-0.25, -0.2) is 0 Å². The first-order chi connectivity index (χ1) is 21.8. The number of carbonyl (C=O) groups is 3. The molecule has 0 radical (unpaired) electrons. The largest absolute Gasteiger partial charge is 0.354 e. The lowest BCUT2D eigenvalue weighted by molar-refractivity contribution is -0.143. The highest BCUT2D eigenvalue weighted by molar-refractivity contribution is 6.01. The third-order valence-corrected chi connectivity index (χ3v) is 10.4. The van der Waals surface area contributed by atoms with E-state index in [2.05, 4.69) is 87.8 Å².